The van der Waals surface area contributed by atoms with Gasteiger partial charge in [-0.25, -0.2) is 4.79 Å². The summed E-state index contributed by atoms with van der Waals surface area (Å²) in [7, 11) is 0. The molecule has 0 aromatic rings. The van der Waals surface area contributed by atoms with E-state index in [-0.39, 0.29) is 6.04 Å². The van der Waals surface area contributed by atoms with Crippen LogP contribution in [0.25, 0.3) is 0 Å². The number of primary amides is 1. The van der Waals surface area contributed by atoms with Crippen molar-refractivity contribution in [1.82, 2.24) is 5.32 Å². The Bertz CT molecular complexity index is 209. The number of nitrogens with one attached hydrogen (secondary N) is 1. The van der Waals surface area contributed by atoms with Crippen LogP contribution in [0, 0.1) is 10.1 Å². The first kappa shape index (κ1) is 10.6. The van der Waals surface area contributed by atoms with Crippen molar-refractivity contribution in [3.8, 4) is 0 Å². The number of nitrogens with two attached hydrogens (primary N) is 1. The number of hydrogen-bond donors (Lipinski definition) is 2. The molecule has 0 saturated heterocycles. The SMILES string of the molecule is NC(=O)N[C@@H]1CCCC[C@H]1O[N+](=O)[O-]. The van der Waals surface area contributed by atoms with Gasteiger partial charge in [-0.15, -0.1) is 10.1 Å². The minimum atomic E-state index is -0.828. The Morgan fingerprint density at radius 2 is 2.14 bits per heavy atom. The van der Waals surface area contributed by atoms with Crippen molar-refractivity contribution < 1.29 is 14.7 Å². The highest BCUT2D eigenvalue weighted by Crippen LogP contribution is 2.21. The predicted molar refractivity (Wildman–Crippen MR) is 46.8 cm³/mol. The van der Waals surface area contributed by atoms with Gasteiger partial charge in [-0.2, -0.15) is 0 Å². The molecule has 7 nitrogen and oxygen atoms in total. The van der Waals surface area contributed by atoms with Crippen LogP contribution >= 0.6 is 0 Å². The van der Waals surface area contributed by atoms with Crippen LogP contribution in [0.5, 0.6) is 0 Å². The second-order valence-electron chi connectivity index (χ2n) is 3.27. The first-order valence-corrected chi connectivity index (χ1v) is 4.46. The molecule has 0 aliphatic heterocycles. The molecule has 80 valence electrons. The third-order valence-corrected chi connectivity index (χ3v) is 2.25. The topological polar surface area (TPSA) is 107 Å². The van der Waals surface area contributed by atoms with Gasteiger partial charge in [0, 0.05) is 0 Å². The van der Waals surface area contributed by atoms with Crippen molar-refractivity contribution in [3.63, 3.8) is 0 Å². The van der Waals surface area contributed by atoms with Crippen LogP contribution in [0.3, 0.4) is 0 Å². The van der Waals surface area contributed by atoms with E-state index in [4.69, 9.17) is 5.73 Å². The predicted octanol–water partition coefficient (Wildman–Crippen LogP) is 0.174. The van der Waals surface area contributed by atoms with Gasteiger partial charge >= 0.3 is 6.03 Å². The summed E-state index contributed by atoms with van der Waals surface area (Å²) in [6.45, 7) is 0. The quantitative estimate of drug-likeness (QED) is 0.503. The molecule has 0 bridgehead atoms. The smallest absolute Gasteiger partial charge is 0.312 e. The van der Waals surface area contributed by atoms with Crippen molar-refractivity contribution in [3.05, 3.63) is 10.1 Å². The monoisotopic (exact) mass is 203 g/mol. The second-order valence-corrected chi connectivity index (χ2v) is 3.27. The molecular weight excluding hydrogens is 190 g/mol. The summed E-state index contributed by atoms with van der Waals surface area (Å²) in [6.07, 6.45) is 2.47. The van der Waals surface area contributed by atoms with Crippen LogP contribution in [0.1, 0.15) is 25.7 Å². The van der Waals surface area contributed by atoms with E-state index in [1.807, 2.05) is 0 Å². The molecule has 7 heteroatoms. The molecule has 2 amide bonds. The van der Waals surface area contributed by atoms with Gasteiger partial charge in [0.05, 0.1) is 6.04 Å². The van der Waals surface area contributed by atoms with Gasteiger partial charge in [-0.1, -0.05) is 12.8 Å². The van der Waals surface area contributed by atoms with Crippen molar-refractivity contribution >= 4 is 6.03 Å². The molecule has 0 unspecified atom stereocenters. The Kier molecular flexibility index (Phi) is 3.49. The number of rotatable bonds is 3. The summed E-state index contributed by atoms with van der Waals surface area (Å²) in [5.41, 5.74) is 4.94. The minimum absolute atomic E-state index is 0.341. The molecule has 1 aliphatic rings. The molecular formula is C7H13N3O4. The van der Waals surface area contributed by atoms with Crippen molar-refractivity contribution in [2.75, 3.05) is 0 Å². The van der Waals surface area contributed by atoms with E-state index in [0.29, 0.717) is 12.8 Å². The number of urea groups is 1. The van der Waals surface area contributed by atoms with Crippen LogP contribution in [0.2, 0.25) is 0 Å². The zero-order valence-corrected chi connectivity index (χ0v) is 7.64. The molecule has 1 saturated carbocycles. The molecule has 3 N–H and O–H groups in total. The number of carbonyl (C=O) groups is 1. The minimum Gasteiger partial charge on any atom is -0.352 e. The van der Waals surface area contributed by atoms with E-state index in [2.05, 4.69) is 10.2 Å². The van der Waals surface area contributed by atoms with Gasteiger partial charge in [-0.05, 0) is 12.8 Å². The number of nitrogens with zero attached hydrogens (tertiary/aromatic N) is 1. The number of hydrogen-bond acceptors (Lipinski definition) is 4. The molecule has 0 radical (unpaired) electrons. The molecule has 0 heterocycles. The summed E-state index contributed by atoms with van der Waals surface area (Å²) < 4.78 is 0. The third kappa shape index (κ3) is 3.08. The first-order valence-electron chi connectivity index (χ1n) is 4.46. The van der Waals surface area contributed by atoms with E-state index >= 15 is 0 Å². The Labute approximate surface area is 80.7 Å². The fourth-order valence-electron chi connectivity index (χ4n) is 1.68. The summed E-state index contributed by atoms with van der Waals surface area (Å²) in [4.78, 5) is 25.2. The fourth-order valence-corrected chi connectivity index (χ4v) is 1.68. The Morgan fingerprint density at radius 1 is 1.50 bits per heavy atom. The maximum atomic E-state index is 10.6. The summed E-state index contributed by atoms with van der Waals surface area (Å²) in [5.74, 6) is 0. The van der Waals surface area contributed by atoms with Crippen molar-refractivity contribution in [2.24, 2.45) is 5.73 Å². The van der Waals surface area contributed by atoms with Crippen molar-refractivity contribution in [1.29, 1.82) is 0 Å². The summed E-state index contributed by atoms with van der Waals surface area (Å²) >= 11 is 0. The van der Waals surface area contributed by atoms with Crippen LogP contribution in [-0.4, -0.2) is 23.3 Å². The average molecular weight is 203 g/mol. The van der Waals surface area contributed by atoms with E-state index in [1.165, 1.54) is 0 Å². The van der Waals surface area contributed by atoms with Gasteiger partial charge in [0.1, 0.15) is 6.10 Å². The number of carbonyl (C=O) groups excluding carboxylic acids is 1. The van der Waals surface area contributed by atoms with E-state index in [1.54, 1.807) is 0 Å². The molecule has 2 atom stereocenters. The highest BCUT2D eigenvalue weighted by atomic mass is 17.0. The zero-order valence-electron chi connectivity index (χ0n) is 7.64. The van der Waals surface area contributed by atoms with Crippen LogP contribution in [0.15, 0.2) is 0 Å². The fraction of sp³-hybridized carbons (Fsp3) is 0.857. The molecule has 14 heavy (non-hydrogen) atoms. The molecule has 0 aromatic carbocycles. The van der Waals surface area contributed by atoms with Gasteiger partial charge in [0.2, 0.25) is 0 Å². The van der Waals surface area contributed by atoms with Gasteiger partial charge in [0.15, 0.2) is 0 Å². The van der Waals surface area contributed by atoms with E-state index in [9.17, 15) is 14.9 Å². The first-order chi connectivity index (χ1) is 6.59. The molecule has 0 spiro atoms. The maximum absolute atomic E-state index is 10.6. The number of amides is 2. The Hall–Kier alpha value is -1.53. The third-order valence-electron chi connectivity index (χ3n) is 2.25. The lowest BCUT2D eigenvalue weighted by molar-refractivity contribution is -0.769. The summed E-state index contributed by atoms with van der Waals surface area (Å²) in [6, 6.07) is -1.01. The Balaban J connectivity index is 2.49. The summed E-state index contributed by atoms with van der Waals surface area (Å²) in [5, 5.41) is 11.8. The second kappa shape index (κ2) is 4.64. The van der Waals surface area contributed by atoms with E-state index < -0.39 is 17.2 Å². The Morgan fingerprint density at radius 3 is 2.71 bits per heavy atom. The van der Waals surface area contributed by atoms with Crippen LogP contribution in [0.4, 0.5) is 4.79 Å². The lowest BCUT2D eigenvalue weighted by Gasteiger charge is -2.29. The lowest BCUT2D eigenvalue weighted by Crippen LogP contribution is -2.48. The highest BCUT2D eigenvalue weighted by molar-refractivity contribution is 5.72. The highest BCUT2D eigenvalue weighted by Gasteiger charge is 2.28. The largest absolute Gasteiger partial charge is 0.352 e. The molecule has 1 aliphatic carbocycles. The van der Waals surface area contributed by atoms with Crippen molar-refractivity contribution in [2.45, 2.75) is 37.8 Å². The maximum Gasteiger partial charge on any atom is 0.312 e. The van der Waals surface area contributed by atoms with Crippen LogP contribution in [-0.2, 0) is 4.84 Å². The molecule has 1 fully saturated rings. The lowest BCUT2D eigenvalue weighted by atomic mass is 9.93. The van der Waals surface area contributed by atoms with Gasteiger partial charge < -0.3 is 15.9 Å². The standard InChI is InChI=1S/C7H13N3O4/c8-7(11)9-5-3-1-2-4-6(5)14-10(12)13/h5-6H,1-4H2,(H3,8,9,11)/t5-,6-/m1/s1. The van der Waals surface area contributed by atoms with Gasteiger partial charge in [-0.3, -0.25) is 0 Å². The van der Waals surface area contributed by atoms with Crippen LogP contribution < -0.4 is 11.1 Å². The zero-order chi connectivity index (χ0) is 10.6. The van der Waals surface area contributed by atoms with E-state index in [0.717, 1.165) is 12.8 Å². The normalized spacial score (nSPS) is 26.6. The molecule has 0 aromatic heterocycles. The molecule has 1 rings (SSSR count). The van der Waals surface area contributed by atoms with Gasteiger partial charge in [0.25, 0.3) is 5.09 Å². The average Bonchev–Trinajstić information content (AvgIpc) is 2.06.